The van der Waals surface area contributed by atoms with Gasteiger partial charge in [0.1, 0.15) is 11.5 Å². The number of halogens is 1. The third-order valence-electron chi connectivity index (χ3n) is 5.26. The van der Waals surface area contributed by atoms with E-state index >= 15 is 0 Å². The molecule has 1 aliphatic rings. The highest BCUT2D eigenvalue weighted by atomic mass is 19.1. The van der Waals surface area contributed by atoms with Gasteiger partial charge in [0.15, 0.2) is 0 Å². The van der Waals surface area contributed by atoms with Crippen molar-refractivity contribution in [1.29, 1.82) is 0 Å². The largest absolute Gasteiger partial charge is 0.330 e. The second-order valence-corrected chi connectivity index (χ2v) is 6.68. The van der Waals surface area contributed by atoms with Crippen molar-refractivity contribution in [3.05, 3.63) is 60.0 Å². The Kier molecular flexibility index (Phi) is 4.19. The second kappa shape index (κ2) is 6.50. The van der Waals surface area contributed by atoms with Crippen LogP contribution in [-0.4, -0.2) is 29.8 Å². The number of nitrogens with zero attached hydrogens (tertiary/aromatic N) is 2. The molecule has 1 aromatic heterocycles. The number of benzene rings is 2. The molecule has 0 unspecified atom stereocenters. The topological polar surface area (TPSA) is 63.8 Å². The molecule has 0 bridgehead atoms. The Hall–Kier alpha value is -2.37. The lowest BCUT2D eigenvalue weighted by Crippen LogP contribution is -2.45. The molecule has 1 saturated heterocycles. The van der Waals surface area contributed by atoms with E-state index in [9.17, 15) is 4.39 Å². The summed E-state index contributed by atoms with van der Waals surface area (Å²) < 4.78 is 13.3. The first-order valence-electron chi connectivity index (χ1n) is 8.66. The molecule has 2 heterocycles. The lowest BCUT2D eigenvalue weighted by Gasteiger charge is -2.36. The monoisotopic (exact) mass is 336 g/mol. The minimum atomic E-state index is -0.255. The first-order valence-corrected chi connectivity index (χ1v) is 8.66. The molecule has 1 fully saturated rings. The average Bonchev–Trinajstić information content (AvgIpc) is 2.68. The molecule has 1 aliphatic heterocycles. The number of nitrogens with two attached hydrogens (primary N) is 1. The number of nitrogens with one attached hydrogen (secondary N) is 1. The normalized spacial score (nSPS) is 16.9. The SMILES string of the molecule is NCC1(c2nnc(-c3ccc(F)cc3)c3ccccc23)CCNCC1. The number of piperidine rings is 1. The lowest BCUT2D eigenvalue weighted by molar-refractivity contribution is 0.308. The molecule has 5 heteroatoms. The molecule has 0 radical (unpaired) electrons. The van der Waals surface area contributed by atoms with Crippen molar-refractivity contribution in [1.82, 2.24) is 15.5 Å². The highest BCUT2D eigenvalue weighted by molar-refractivity contribution is 5.96. The van der Waals surface area contributed by atoms with Crippen LogP contribution in [0.4, 0.5) is 4.39 Å². The number of hydrogen-bond donors (Lipinski definition) is 2. The van der Waals surface area contributed by atoms with Gasteiger partial charge in [0, 0.05) is 28.3 Å². The molecule has 25 heavy (non-hydrogen) atoms. The first-order chi connectivity index (χ1) is 12.2. The zero-order chi connectivity index (χ0) is 17.3. The maximum absolute atomic E-state index is 13.3. The Labute approximate surface area is 146 Å². The summed E-state index contributed by atoms with van der Waals surface area (Å²) in [5.74, 6) is -0.255. The van der Waals surface area contributed by atoms with E-state index in [4.69, 9.17) is 5.73 Å². The van der Waals surface area contributed by atoms with Gasteiger partial charge >= 0.3 is 0 Å². The Balaban J connectivity index is 1.91. The quantitative estimate of drug-likeness (QED) is 0.772. The van der Waals surface area contributed by atoms with E-state index in [1.54, 1.807) is 12.1 Å². The van der Waals surface area contributed by atoms with E-state index in [1.165, 1.54) is 12.1 Å². The van der Waals surface area contributed by atoms with Crippen molar-refractivity contribution >= 4 is 10.8 Å². The van der Waals surface area contributed by atoms with Crippen molar-refractivity contribution in [2.45, 2.75) is 18.3 Å². The van der Waals surface area contributed by atoms with Crippen molar-refractivity contribution in [3.8, 4) is 11.3 Å². The highest BCUT2D eigenvalue weighted by Crippen LogP contribution is 2.37. The van der Waals surface area contributed by atoms with Crippen LogP contribution in [0.5, 0.6) is 0 Å². The summed E-state index contributed by atoms with van der Waals surface area (Å²) in [5, 5.41) is 14.7. The summed E-state index contributed by atoms with van der Waals surface area (Å²) in [6.45, 7) is 2.43. The van der Waals surface area contributed by atoms with Gasteiger partial charge in [-0.3, -0.25) is 0 Å². The van der Waals surface area contributed by atoms with Crippen molar-refractivity contribution in [3.63, 3.8) is 0 Å². The van der Waals surface area contributed by atoms with Crippen LogP contribution < -0.4 is 11.1 Å². The maximum Gasteiger partial charge on any atom is 0.123 e. The fraction of sp³-hybridized carbons (Fsp3) is 0.300. The molecular weight excluding hydrogens is 315 g/mol. The molecule has 4 nitrogen and oxygen atoms in total. The van der Waals surface area contributed by atoms with Crippen LogP contribution in [0.3, 0.4) is 0 Å². The Morgan fingerprint density at radius 1 is 0.960 bits per heavy atom. The summed E-state index contributed by atoms with van der Waals surface area (Å²) in [6.07, 6.45) is 1.91. The minimum Gasteiger partial charge on any atom is -0.330 e. The number of aromatic nitrogens is 2. The fourth-order valence-corrected chi connectivity index (χ4v) is 3.76. The predicted octanol–water partition coefficient (Wildman–Crippen LogP) is 3.02. The van der Waals surface area contributed by atoms with Gasteiger partial charge in [0.2, 0.25) is 0 Å². The van der Waals surface area contributed by atoms with Gasteiger partial charge < -0.3 is 11.1 Å². The Morgan fingerprint density at radius 2 is 1.64 bits per heavy atom. The molecule has 0 spiro atoms. The zero-order valence-electron chi connectivity index (χ0n) is 14.0. The molecule has 4 rings (SSSR count). The van der Waals surface area contributed by atoms with Crippen molar-refractivity contribution < 1.29 is 4.39 Å². The summed E-state index contributed by atoms with van der Waals surface area (Å²) >= 11 is 0. The first kappa shape index (κ1) is 16.1. The molecule has 0 amide bonds. The molecule has 2 aromatic carbocycles. The van der Waals surface area contributed by atoms with E-state index < -0.39 is 0 Å². The summed E-state index contributed by atoms with van der Waals surface area (Å²) in [5.41, 5.74) is 8.68. The van der Waals surface area contributed by atoms with Crippen molar-refractivity contribution in [2.75, 3.05) is 19.6 Å². The summed E-state index contributed by atoms with van der Waals surface area (Å²) in [7, 11) is 0. The second-order valence-electron chi connectivity index (χ2n) is 6.68. The van der Waals surface area contributed by atoms with Crippen LogP contribution in [0.15, 0.2) is 48.5 Å². The molecule has 0 atom stereocenters. The van der Waals surface area contributed by atoms with Gasteiger partial charge in [-0.15, -0.1) is 5.10 Å². The summed E-state index contributed by atoms with van der Waals surface area (Å²) in [6, 6.07) is 14.6. The van der Waals surface area contributed by atoms with Gasteiger partial charge in [-0.1, -0.05) is 24.3 Å². The maximum atomic E-state index is 13.3. The van der Waals surface area contributed by atoms with Crippen LogP contribution in [-0.2, 0) is 5.41 Å². The lowest BCUT2D eigenvalue weighted by atomic mass is 9.74. The third-order valence-corrected chi connectivity index (χ3v) is 5.26. The van der Waals surface area contributed by atoms with Crippen LogP contribution in [0, 0.1) is 5.82 Å². The van der Waals surface area contributed by atoms with Crippen molar-refractivity contribution in [2.24, 2.45) is 5.73 Å². The predicted molar refractivity (Wildman–Crippen MR) is 97.8 cm³/mol. The van der Waals surface area contributed by atoms with Crippen LogP contribution in [0.2, 0.25) is 0 Å². The Bertz CT molecular complexity index is 886. The molecule has 3 aromatic rings. The molecule has 0 saturated carbocycles. The number of fused-ring (bicyclic) bond motifs is 1. The molecular formula is C20H21FN4. The van der Waals surface area contributed by atoms with Gasteiger partial charge in [-0.2, -0.15) is 5.10 Å². The smallest absolute Gasteiger partial charge is 0.123 e. The average molecular weight is 336 g/mol. The van der Waals surface area contributed by atoms with Gasteiger partial charge in [0.05, 0.1) is 5.69 Å². The van der Waals surface area contributed by atoms with Gasteiger partial charge in [0.25, 0.3) is 0 Å². The van der Waals surface area contributed by atoms with Gasteiger partial charge in [-0.05, 0) is 50.2 Å². The van der Waals surface area contributed by atoms with E-state index in [0.717, 1.165) is 53.7 Å². The third kappa shape index (κ3) is 2.79. The summed E-state index contributed by atoms with van der Waals surface area (Å²) in [4.78, 5) is 0. The highest BCUT2D eigenvalue weighted by Gasteiger charge is 2.36. The van der Waals surface area contributed by atoms with E-state index in [2.05, 4.69) is 27.6 Å². The Morgan fingerprint density at radius 3 is 2.32 bits per heavy atom. The van der Waals surface area contributed by atoms with Crippen LogP contribution >= 0.6 is 0 Å². The van der Waals surface area contributed by atoms with E-state index in [1.807, 2.05) is 12.1 Å². The van der Waals surface area contributed by atoms with Gasteiger partial charge in [-0.25, -0.2) is 4.39 Å². The zero-order valence-corrected chi connectivity index (χ0v) is 14.0. The fourth-order valence-electron chi connectivity index (χ4n) is 3.76. The van der Waals surface area contributed by atoms with E-state index in [0.29, 0.717) is 6.54 Å². The molecule has 128 valence electrons. The van der Waals surface area contributed by atoms with Crippen LogP contribution in [0.25, 0.3) is 22.0 Å². The molecule has 3 N–H and O–H groups in total. The van der Waals surface area contributed by atoms with Crippen LogP contribution in [0.1, 0.15) is 18.5 Å². The number of hydrogen-bond acceptors (Lipinski definition) is 4. The van der Waals surface area contributed by atoms with E-state index in [-0.39, 0.29) is 11.2 Å². The number of rotatable bonds is 3. The minimum absolute atomic E-state index is 0.140. The molecule has 0 aliphatic carbocycles. The standard InChI is InChI=1S/C20H21FN4/c21-15-7-5-14(6-8-15)18-16-3-1-2-4-17(16)19(25-24-18)20(13-22)9-11-23-12-10-20/h1-8,23H,9-13,22H2.